The maximum atomic E-state index is 11.9. The lowest BCUT2D eigenvalue weighted by Gasteiger charge is -2.13. The van der Waals surface area contributed by atoms with Crippen LogP contribution in [0.25, 0.3) is 0 Å². The number of amides is 1. The van der Waals surface area contributed by atoms with Crippen molar-refractivity contribution in [3.05, 3.63) is 65.7 Å². The highest BCUT2D eigenvalue weighted by Gasteiger charge is 2.13. The first-order valence-corrected chi connectivity index (χ1v) is 9.95. The van der Waals surface area contributed by atoms with E-state index in [4.69, 9.17) is 4.74 Å². The molecule has 0 fully saturated rings. The number of hydrogen-bond acceptors (Lipinski definition) is 5. The van der Waals surface area contributed by atoms with E-state index in [2.05, 4.69) is 5.32 Å². The smallest absolute Gasteiger partial charge is 0.338 e. The molecule has 1 N–H and O–H groups in total. The van der Waals surface area contributed by atoms with Gasteiger partial charge in [-0.1, -0.05) is 37.3 Å². The molecule has 0 heterocycles. The normalized spacial score (nSPS) is 12.2. The summed E-state index contributed by atoms with van der Waals surface area (Å²) < 4.78 is 27.7. The number of carbonyl (C=O) groups excluding carboxylic acids is 2. The highest BCUT2D eigenvalue weighted by atomic mass is 32.2. The van der Waals surface area contributed by atoms with Crippen LogP contribution in [-0.4, -0.2) is 39.7 Å². The summed E-state index contributed by atoms with van der Waals surface area (Å²) in [5, 5.41) is 2.72. The summed E-state index contributed by atoms with van der Waals surface area (Å²) in [5.74, 6) is -0.940. The predicted molar refractivity (Wildman–Crippen MR) is 97.7 cm³/mol. The van der Waals surface area contributed by atoms with E-state index in [0.717, 1.165) is 11.8 Å². The first-order chi connectivity index (χ1) is 12.3. The van der Waals surface area contributed by atoms with Crippen LogP contribution in [-0.2, 0) is 19.4 Å². The van der Waals surface area contributed by atoms with E-state index in [9.17, 15) is 18.0 Å². The van der Waals surface area contributed by atoms with Gasteiger partial charge in [-0.15, -0.1) is 0 Å². The van der Waals surface area contributed by atoms with Gasteiger partial charge >= 0.3 is 5.97 Å². The summed E-state index contributed by atoms with van der Waals surface area (Å²) >= 11 is 0. The maximum absolute atomic E-state index is 11.9. The number of ether oxygens (including phenoxy) is 1. The highest BCUT2D eigenvalue weighted by molar-refractivity contribution is 7.90. The van der Waals surface area contributed by atoms with Crippen molar-refractivity contribution in [2.24, 2.45) is 0 Å². The Labute approximate surface area is 153 Å². The van der Waals surface area contributed by atoms with Crippen molar-refractivity contribution in [3.63, 3.8) is 0 Å². The first kappa shape index (κ1) is 19.7. The zero-order valence-corrected chi connectivity index (χ0v) is 15.5. The Hall–Kier alpha value is -2.67. The van der Waals surface area contributed by atoms with Gasteiger partial charge in [-0.05, 0) is 35.7 Å². The minimum atomic E-state index is -3.33. The Balaban J connectivity index is 1.80. The van der Waals surface area contributed by atoms with E-state index in [1.807, 2.05) is 37.3 Å². The molecular weight excluding hydrogens is 354 g/mol. The molecule has 2 aromatic rings. The fraction of sp³-hybridized carbons (Fsp3) is 0.263. The second-order valence-electron chi connectivity index (χ2n) is 5.99. The van der Waals surface area contributed by atoms with E-state index in [-0.39, 0.29) is 16.4 Å². The molecular formula is C19H21NO5S. The number of hydrogen-bond donors (Lipinski definition) is 1. The number of benzene rings is 2. The lowest BCUT2D eigenvalue weighted by atomic mass is 10.0. The minimum absolute atomic E-state index is 0.113. The van der Waals surface area contributed by atoms with Crippen LogP contribution >= 0.6 is 0 Å². The predicted octanol–water partition coefficient (Wildman–Crippen LogP) is 2.17. The molecule has 0 aromatic heterocycles. The third-order valence-corrected chi connectivity index (χ3v) is 4.96. The molecule has 1 amide bonds. The third kappa shape index (κ3) is 5.70. The van der Waals surface area contributed by atoms with Gasteiger partial charge in [0.15, 0.2) is 16.4 Å². The van der Waals surface area contributed by atoms with Gasteiger partial charge in [0.1, 0.15) is 0 Å². The third-order valence-electron chi connectivity index (χ3n) is 3.83. The molecule has 138 valence electrons. The van der Waals surface area contributed by atoms with E-state index in [0.29, 0.717) is 6.54 Å². The van der Waals surface area contributed by atoms with Gasteiger partial charge < -0.3 is 10.1 Å². The lowest BCUT2D eigenvalue weighted by Crippen LogP contribution is -2.31. The van der Waals surface area contributed by atoms with E-state index < -0.39 is 28.3 Å². The molecule has 0 bridgehead atoms. The average molecular weight is 375 g/mol. The molecule has 0 aliphatic rings. The van der Waals surface area contributed by atoms with Gasteiger partial charge in [-0.3, -0.25) is 4.79 Å². The van der Waals surface area contributed by atoms with Crippen LogP contribution in [0.15, 0.2) is 59.5 Å². The molecule has 7 heteroatoms. The molecule has 0 spiro atoms. The zero-order valence-electron chi connectivity index (χ0n) is 14.6. The molecule has 2 rings (SSSR count). The van der Waals surface area contributed by atoms with Crippen LogP contribution in [0.5, 0.6) is 0 Å². The Morgan fingerprint density at radius 3 is 2.23 bits per heavy atom. The SMILES string of the molecule is CC(CNC(=O)COC(=O)c1ccc(S(C)(=O)=O)cc1)c1ccccc1. The highest BCUT2D eigenvalue weighted by Crippen LogP contribution is 2.13. The van der Waals surface area contributed by atoms with Gasteiger partial charge in [0.05, 0.1) is 10.5 Å². The van der Waals surface area contributed by atoms with Crippen LogP contribution in [0.3, 0.4) is 0 Å². The van der Waals surface area contributed by atoms with Crippen molar-refractivity contribution >= 4 is 21.7 Å². The molecule has 6 nitrogen and oxygen atoms in total. The molecule has 0 radical (unpaired) electrons. The Bertz CT molecular complexity index is 861. The van der Waals surface area contributed by atoms with E-state index in [1.54, 1.807) is 0 Å². The van der Waals surface area contributed by atoms with Crippen LogP contribution in [0.1, 0.15) is 28.8 Å². The Kier molecular flexibility index (Phi) is 6.52. The standard InChI is InChI=1S/C19H21NO5S/c1-14(15-6-4-3-5-7-15)12-20-18(21)13-25-19(22)16-8-10-17(11-9-16)26(2,23)24/h3-11,14H,12-13H2,1-2H3,(H,20,21). The quantitative estimate of drug-likeness (QED) is 0.749. The number of nitrogens with one attached hydrogen (secondary N) is 1. The molecule has 1 atom stereocenters. The Morgan fingerprint density at radius 2 is 1.65 bits per heavy atom. The topological polar surface area (TPSA) is 89.5 Å². The molecule has 26 heavy (non-hydrogen) atoms. The largest absolute Gasteiger partial charge is 0.452 e. The van der Waals surface area contributed by atoms with Crippen molar-refractivity contribution in [2.75, 3.05) is 19.4 Å². The van der Waals surface area contributed by atoms with Gasteiger partial charge in [0, 0.05) is 12.8 Å². The van der Waals surface area contributed by atoms with Crippen LogP contribution < -0.4 is 5.32 Å². The molecule has 0 saturated carbocycles. The second kappa shape index (κ2) is 8.62. The summed E-state index contributed by atoms with van der Waals surface area (Å²) in [6, 6.07) is 15.1. The van der Waals surface area contributed by atoms with Crippen LogP contribution in [0.4, 0.5) is 0 Å². The minimum Gasteiger partial charge on any atom is -0.452 e. The summed E-state index contributed by atoms with van der Waals surface area (Å²) in [7, 11) is -3.33. The molecule has 0 aliphatic heterocycles. The molecule has 0 saturated heterocycles. The van der Waals surface area contributed by atoms with Crippen molar-refractivity contribution < 1.29 is 22.7 Å². The lowest BCUT2D eigenvalue weighted by molar-refractivity contribution is -0.124. The van der Waals surface area contributed by atoms with Gasteiger partial charge in [0.25, 0.3) is 5.91 Å². The Morgan fingerprint density at radius 1 is 1.04 bits per heavy atom. The number of carbonyl (C=O) groups is 2. The number of esters is 1. The second-order valence-corrected chi connectivity index (χ2v) is 8.00. The summed E-state index contributed by atoms with van der Waals surface area (Å²) in [6.45, 7) is 2.03. The van der Waals surface area contributed by atoms with Crippen LogP contribution in [0.2, 0.25) is 0 Å². The first-order valence-electron chi connectivity index (χ1n) is 8.06. The number of sulfone groups is 1. The van der Waals surface area contributed by atoms with E-state index in [1.165, 1.54) is 24.3 Å². The van der Waals surface area contributed by atoms with E-state index >= 15 is 0 Å². The van der Waals surface area contributed by atoms with Crippen molar-refractivity contribution in [1.82, 2.24) is 5.32 Å². The average Bonchev–Trinajstić information content (AvgIpc) is 2.64. The monoisotopic (exact) mass is 375 g/mol. The zero-order chi connectivity index (χ0) is 19.2. The summed E-state index contributed by atoms with van der Waals surface area (Å²) in [6.07, 6.45) is 1.08. The van der Waals surface area contributed by atoms with Crippen molar-refractivity contribution in [3.8, 4) is 0 Å². The van der Waals surface area contributed by atoms with Gasteiger partial charge in [-0.2, -0.15) is 0 Å². The van der Waals surface area contributed by atoms with Crippen LogP contribution in [0, 0.1) is 0 Å². The van der Waals surface area contributed by atoms with Gasteiger partial charge in [0.2, 0.25) is 0 Å². The molecule has 1 unspecified atom stereocenters. The van der Waals surface area contributed by atoms with Crippen molar-refractivity contribution in [2.45, 2.75) is 17.7 Å². The summed E-state index contributed by atoms with van der Waals surface area (Å²) in [4.78, 5) is 23.9. The van der Waals surface area contributed by atoms with Gasteiger partial charge in [-0.25, -0.2) is 13.2 Å². The number of rotatable bonds is 7. The fourth-order valence-corrected chi connectivity index (χ4v) is 2.90. The fourth-order valence-electron chi connectivity index (χ4n) is 2.27. The maximum Gasteiger partial charge on any atom is 0.338 e. The van der Waals surface area contributed by atoms with Crippen molar-refractivity contribution in [1.29, 1.82) is 0 Å². The molecule has 0 aliphatic carbocycles. The summed E-state index contributed by atoms with van der Waals surface area (Å²) in [5.41, 5.74) is 1.29. The molecule has 2 aromatic carbocycles.